The monoisotopic (exact) mass is 259 g/mol. The van der Waals surface area contributed by atoms with Crippen LogP contribution in [0.4, 0.5) is 0 Å². The van der Waals surface area contributed by atoms with Gasteiger partial charge in [0.15, 0.2) is 0 Å². The second-order valence-electron chi connectivity index (χ2n) is 5.22. The van der Waals surface area contributed by atoms with Crippen LogP contribution in [0.2, 0.25) is 0 Å². The summed E-state index contributed by atoms with van der Waals surface area (Å²) in [7, 11) is 2.17. The van der Waals surface area contributed by atoms with Gasteiger partial charge in [-0.05, 0) is 12.6 Å². The first-order valence-electron chi connectivity index (χ1n) is 7.10. The molecule has 0 spiro atoms. The molecular formula is C16H25N3. The molecule has 1 aliphatic heterocycles. The molecule has 19 heavy (non-hydrogen) atoms. The number of hydrogen-bond donors (Lipinski definition) is 1. The average molecular weight is 259 g/mol. The highest BCUT2D eigenvalue weighted by molar-refractivity contribution is 5.19. The molecule has 0 amide bonds. The molecule has 0 unspecified atom stereocenters. The van der Waals surface area contributed by atoms with Gasteiger partial charge in [-0.15, -0.1) is 6.58 Å². The zero-order valence-electron chi connectivity index (χ0n) is 11.9. The van der Waals surface area contributed by atoms with Crippen molar-refractivity contribution >= 4 is 0 Å². The fourth-order valence-corrected chi connectivity index (χ4v) is 2.69. The summed E-state index contributed by atoms with van der Waals surface area (Å²) in [5.74, 6) is 0. The molecule has 1 aromatic carbocycles. The predicted octanol–water partition coefficient (Wildman–Crippen LogP) is 1.75. The number of benzene rings is 1. The molecule has 0 radical (unpaired) electrons. The third-order valence-electron chi connectivity index (χ3n) is 3.70. The SMILES string of the molecule is C=CCN(C)C[C@@H](c1ccccc1)N1CCNCC1. The summed E-state index contributed by atoms with van der Waals surface area (Å²) in [6.45, 7) is 10.3. The molecule has 1 heterocycles. The van der Waals surface area contributed by atoms with Crippen molar-refractivity contribution < 1.29 is 0 Å². The van der Waals surface area contributed by atoms with Crippen molar-refractivity contribution in [1.82, 2.24) is 15.1 Å². The Morgan fingerprint density at radius 3 is 2.63 bits per heavy atom. The number of hydrogen-bond acceptors (Lipinski definition) is 3. The van der Waals surface area contributed by atoms with E-state index in [0.29, 0.717) is 6.04 Å². The Hall–Kier alpha value is -1.16. The van der Waals surface area contributed by atoms with Gasteiger partial charge in [-0.25, -0.2) is 0 Å². The van der Waals surface area contributed by atoms with Crippen LogP contribution in [0.15, 0.2) is 43.0 Å². The van der Waals surface area contributed by atoms with Gasteiger partial charge >= 0.3 is 0 Å². The van der Waals surface area contributed by atoms with Gasteiger partial charge in [0.1, 0.15) is 0 Å². The molecule has 0 aliphatic carbocycles. The summed E-state index contributed by atoms with van der Waals surface area (Å²) in [4.78, 5) is 4.93. The third-order valence-corrected chi connectivity index (χ3v) is 3.70. The zero-order chi connectivity index (χ0) is 13.5. The van der Waals surface area contributed by atoms with Gasteiger partial charge in [0.25, 0.3) is 0 Å². The fourth-order valence-electron chi connectivity index (χ4n) is 2.69. The number of piperazine rings is 1. The van der Waals surface area contributed by atoms with Crippen molar-refractivity contribution in [2.75, 3.05) is 46.3 Å². The van der Waals surface area contributed by atoms with E-state index in [-0.39, 0.29) is 0 Å². The van der Waals surface area contributed by atoms with Crippen LogP contribution in [0.5, 0.6) is 0 Å². The molecule has 1 fully saturated rings. The van der Waals surface area contributed by atoms with Gasteiger partial charge in [-0.3, -0.25) is 4.90 Å². The predicted molar refractivity (Wildman–Crippen MR) is 81.3 cm³/mol. The van der Waals surface area contributed by atoms with Crippen molar-refractivity contribution in [2.24, 2.45) is 0 Å². The van der Waals surface area contributed by atoms with Crippen molar-refractivity contribution in [3.05, 3.63) is 48.6 Å². The van der Waals surface area contributed by atoms with Crippen LogP contribution in [-0.4, -0.2) is 56.1 Å². The van der Waals surface area contributed by atoms with Gasteiger partial charge in [0, 0.05) is 45.3 Å². The second-order valence-corrected chi connectivity index (χ2v) is 5.22. The standard InChI is InChI=1S/C16H25N3/c1-3-11-18(2)14-16(15-7-5-4-6-8-15)19-12-9-17-10-13-19/h3-8,16-17H,1,9-14H2,2H3/t16-/m0/s1. The molecule has 1 saturated heterocycles. The van der Waals surface area contributed by atoms with E-state index in [2.05, 4.69) is 59.1 Å². The minimum atomic E-state index is 0.480. The van der Waals surface area contributed by atoms with Crippen molar-refractivity contribution in [2.45, 2.75) is 6.04 Å². The molecule has 104 valence electrons. The number of nitrogens with zero attached hydrogens (tertiary/aromatic N) is 2. The first kappa shape index (κ1) is 14.3. The lowest BCUT2D eigenvalue weighted by atomic mass is 10.0. The van der Waals surface area contributed by atoms with E-state index < -0.39 is 0 Å². The van der Waals surface area contributed by atoms with Crippen molar-refractivity contribution in [3.63, 3.8) is 0 Å². The molecule has 1 aromatic rings. The molecule has 0 bridgehead atoms. The summed E-state index contributed by atoms with van der Waals surface area (Å²) in [6, 6.07) is 11.3. The van der Waals surface area contributed by atoms with E-state index in [1.165, 1.54) is 5.56 Å². The summed E-state index contributed by atoms with van der Waals surface area (Å²) in [6.07, 6.45) is 1.97. The van der Waals surface area contributed by atoms with Crippen LogP contribution in [0.25, 0.3) is 0 Å². The van der Waals surface area contributed by atoms with Gasteiger partial charge in [-0.2, -0.15) is 0 Å². The second kappa shape index (κ2) is 7.43. The largest absolute Gasteiger partial charge is 0.314 e. The zero-order valence-corrected chi connectivity index (χ0v) is 11.9. The lowest BCUT2D eigenvalue weighted by molar-refractivity contribution is 0.140. The lowest BCUT2D eigenvalue weighted by Gasteiger charge is -2.37. The number of nitrogens with one attached hydrogen (secondary N) is 1. The molecule has 3 nitrogen and oxygen atoms in total. The van der Waals surface area contributed by atoms with Crippen LogP contribution in [0, 0.1) is 0 Å². The van der Waals surface area contributed by atoms with E-state index in [4.69, 9.17) is 0 Å². The Kier molecular flexibility index (Phi) is 5.58. The Morgan fingerprint density at radius 1 is 1.32 bits per heavy atom. The quantitative estimate of drug-likeness (QED) is 0.785. The number of likely N-dealkylation sites (N-methyl/N-ethyl adjacent to an activating group) is 1. The van der Waals surface area contributed by atoms with Crippen LogP contribution in [0.1, 0.15) is 11.6 Å². The summed E-state index contributed by atoms with van der Waals surface area (Å²) in [5.41, 5.74) is 1.42. The van der Waals surface area contributed by atoms with Crippen LogP contribution in [0.3, 0.4) is 0 Å². The van der Waals surface area contributed by atoms with Crippen molar-refractivity contribution in [3.8, 4) is 0 Å². The molecule has 0 aromatic heterocycles. The normalized spacial score (nSPS) is 18.4. The van der Waals surface area contributed by atoms with Crippen LogP contribution >= 0.6 is 0 Å². The van der Waals surface area contributed by atoms with E-state index in [9.17, 15) is 0 Å². The third kappa shape index (κ3) is 4.16. The topological polar surface area (TPSA) is 18.5 Å². The maximum Gasteiger partial charge on any atom is 0.0476 e. The first-order valence-corrected chi connectivity index (χ1v) is 7.10. The Balaban J connectivity index is 2.10. The Labute approximate surface area is 116 Å². The minimum absolute atomic E-state index is 0.480. The maximum absolute atomic E-state index is 3.83. The highest BCUT2D eigenvalue weighted by atomic mass is 15.2. The highest BCUT2D eigenvalue weighted by Crippen LogP contribution is 2.21. The average Bonchev–Trinajstić information content (AvgIpc) is 2.47. The van der Waals surface area contributed by atoms with E-state index in [1.54, 1.807) is 0 Å². The molecule has 0 saturated carbocycles. The van der Waals surface area contributed by atoms with E-state index in [1.807, 2.05) is 6.08 Å². The van der Waals surface area contributed by atoms with Crippen molar-refractivity contribution in [1.29, 1.82) is 0 Å². The molecular weight excluding hydrogens is 234 g/mol. The van der Waals surface area contributed by atoms with Gasteiger partial charge in [-0.1, -0.05) is 36.4 Å². The first-order chi connectivity index (χ1) is 9.31. The van der Waals surface area contributed by atoms with Gasteiger partial charge in [0.2, 0.25) is 0 Å². The highest BCUT2D eigenvalue weighted by Gasteiger charge is 2.22. The maximum atomic E-state index is 3.83. The molecule has 1 atom stereocenters. The smallest absolute Gasteiger partial charge is 0.0476 e. The Morgan fingerprint density at radius 2 is 2.00 bits per heavy atom. The van der Waals surface area contributed by atoms with Gasteiger partial charge in [0.05, 0.1) is 0 Å². The molecule has 1 aliphatic rings. The summed E-state index contributed by atoms with van der Waals surface area (Å²) >= 11 is 0. The molecule has 2 rings (SSSR count). The van der Waals surface area contributed by atoms with Crippen LogP contribution < -0.4 is 5.32 Å². The Bertz CT molecular complexity index is 371. The summed E-state index contributed by atoms with van der Waals surface area (Å²) in [5, 5.41) is 3.43. The fraction of sp³-hybridized carbons (Fsp3) is 0.500. The van der Waals surface area contributed by atoms with E-state index in [0.717, 1.165) is 39.3 Å². The number of rotatable bonds is 6. The minimum Gasteiger partial charge on any atom is -0.314 e. The van der Waals surface area contributed by atoms with Gasteiger partial charge < -0.3 is 10.2 Å². The summed E-state index contributed by atoms with van der Waals surface area (Å²) < 4.78 is 0. The lowest BCUT2D eigenvalue weighted by Crippen LogP contribution is -2.47. The van der Waals surface area contributed by atoms with E-state index >= 15 is 0 Å². The van der Waals surface area contributed by atoms with Crippen LogP contribution in [-0.2, 0) is 0 Å². The molecule has 3 heteroatoms. The molecule has 1 N–H and O–H groups in total.